The van der Waals surface area contributed by atoms with Crippen molar-refractivity contribution in [3.8, 4) is 0 Å². The van der Waals surface area contributed by atoms with Crippen LogP contribution in [-0.2, 0) is 13.0 Å². The monoisotopic (exact) mass is 280 g/mol. The van der Waals surface area contributed by atoms with Gasteiger partial charge in [0, 0.05) is 30.6 Å². The second kappa shape index (κ2) is 6.56. The Kier molecular flexibility index (Phi) is 4.79. The fraction of sp³-hybridized carbons (Fsp3) is 0.429. The van der Waals surface area contributed by atoms with Gasteiger partial charge < -0.3 is 5.32 Å². The van der Waals surface area contributed by atoms with Crippen LogP contribution in [-0.4, -0.2) is 21.3 Å². The lowest BCUT2D eigenvalue weighted by Gasteiger charge is -2.18. The number of aryl methyl sites for hydroxylation is 1. The predicted octanol–water partition coefficient (Wildman–Crippen LogP) is 2.47. The molecular formula is C14H18F2N4. The summed E-state index contributed by atoms with van der Waals surface area (Å²) in [4.78, 5) is 4.20. The maximum atomic E-state index is 13.9. The van der Waals surface area contributed by atoms with Crippen LogP contribution in [0.25, 0.3) is 0 Å². The Labute approximate surface area is 116 Å². The van der Waals surface area contributed by atoms with Gasteiger partial charge in [-0.05, 0) is 19.5 Å². The van der Waals surface area contributed by atoms with Gasteiger partial charge in [-0.15, -0.1) is 0 Å². The summed E-state index contributed by atoms with van der Waals surface area (Å²) in [6, 6.07) is 3.40. The number of hydrogen-bond donors (Lipinski definition) is 1. The molecule has 4 nitrogen and oxygen atoms in total. The Balaban J connectivity index is 2.27. The van der Waals surface area contributed by atoms with Crippen molar-refractivity contribution in [3.63, 3.8) is 0 Å². The van der Waals surface area contributed by atoms with E-state index in [1.54, 1.807) is 4.68 Å². The van der Waals surface area contributed by atoms with Gasteiger partial charge in [0.1, 0.15) is 23.8 Å². The maximum absolute atomic E-state index is 13.9. The lowest BCUT2D eigenvalue weighted by atomic mass is 10.0. The highest BCUT2D eigenvalue weighted by molar-refractivity contribution is 5.23. The molecule has 2 rings (SSSR count). The number of hydrogen-bond acceptors (Lipinski definition) is 3. The Bertz CT molecular complexity index is 568. The standard InChI is InChI=1S/C14H18F2N4/c1-3-17-13(8-14-18-9-19-20(14)4-2)11-6-5-10(15)7-12(11)16/h5-7,9,13,17H,3-4,8H2,1-2H3. The van der Waals surface area contributed by atoms with E-state index in [2.05, 4.69) is 15.4 Å². The number of nitrogens with one attached hydrogen (secondary N) is 1. The van der Waals surface area contributed by atoms with E-state index in [1.807, 2.05) is 13.8 Å². The van der Waals surface area contributed by atoms with Gasteiger partial charge in [0.15, 0.2) is 0 Å². The summed E-state index contributed by atoms with van der Waals surface area (Å²) >= 11 is 0. The third-order valence-corrected chi connectivity index (χ3v) is 3.17. The van der Waals surface area contributed by atoms with Crippen molar-refractivity contribution in [3.05, 3.63) is 47.5 Å². The zero-order valence-corrected chi connectivity index (χ0v) is 11.6. The van der Waals surface area contributed by atoms with Gasteiger partial charge >= 0.3 is 0 Å². The first-order chi connectivity index (χ1) is 9.65. The second-order valence-corrected chi connectivity index (χ2v) is 4.47. The van der Waals surface area contributed by atoms with Crippen LogP contribution < -0.4 is 5.32 Å². The van der Waals surface area contributed by atoms with Crippen LogP contribution in [0.1, 0.15) is 31.3 Å². The van der Waals surface area contributed by atoms with Gasteiger partial charge in [-0.1, -0.05) is 13.0 Å². The van der Waals surface area contributed by atoms with Crippen molar-refractivity contribution in [2.45, 2.75) is 32.9 Å². The van der Waals surface area contributed by atoms with Gasteiger partial charge in [-0.2, -0.15) is 5.10 Å². The smallest absolute Gasteiger partial charge is 0.138 e. The van der Waals surface area contributed by atoms with Crippen LogP contribution in [0.2, 0.25) is 0 Å². The normalized spacial score (nSPS) is 12.6. The van der Waals surface area contributed by atoms with E-state index in [0.29, 0.717) is 25.1 Å². The summed E-state index contributed by atoms with van der Waals surface area (Å²) < 4.78 is 28.7. The minimum absolute atomic E-state index is 0.255. The highest BCUT2D eigenvalue weighted by Crippen LogP contribution is 2.21. The minimum atomic E-state index is -0.571. The topological polar surface area (TPSA) is 42.7 Å². The van der Waals surface area contributed by atoms with Gasteiger partial charge in [0.05, 0.1) is 0 Å². The van der Waals surface area contributed by atoms with Gasteiger partial charge in [0.2, 0.25) is 0 Å². The summed E-state index contributed by atoms with van der Waals surface area (Å²) in [5.41, 5.74) is 0.443. The van der Waals surface area contributed by atoms with E-state index in [1.165, 1.54) is 18.5 Å². The molecule has 0 spiro atoms. The number of benzene rings is 1. The molecule has 0 fully saturated rings. The van der Waals surface area contributed by atoms with Crippen LogP contribution in [0.5, 0.6) is 0 Å². The van der Waals surface area contributed by atoms with Crippen LogP contribution in [0.3, 0.4) is 0 Å². The molecule has 1 atom stereocenters. The van der Waals surface area contributed by atoms with Crippen LogP contribution in [0, 0.1) is 11.6 Å². The van der Waals surface area contributed by atoms with Crippen molar-refractivity contribution in [2.24, 2.45) is 0 Å². The fourth-order valence-corrected chi connectivity index (χ4v) is 2.22. The Morgan fingerprint density at radius 3 is 2.75 bits per heavy atom. The third-order valence-electron chi connectivity index (χ3n) is 3.17. The van der Waals surface area contributed by atoms with Crippen LogP contribution in [0.15, 0.2) is 24.5 Å². The molecule has 1 aromatic carbocycles. The molecule has 0 aliphatic rings. The Hall–Kier alpha value is -1.82. The SMILES string of the molecule is CCNC(Cc1ncnn1CC)c1ccc(F)cc1F. The first-order valence-electron chi connectivity index (χ1n) is 6.70. The molecular weight excluding hydrogens is 262 g/mol. The number of nitrogens with zero attached hydrogens (tertiary/aromatic N) is 3. The second-order valence-electron chi connectivity index (χ2n) is 4.47. The number of halogens is 2. The zero-order chi connectivity index (χ0) is 14.5. The maximum Gasteiger partial charge on any atom is 0.138 e. The van der Waals surface area contributed by atoms with E-state index >= 15 is 0 Å². The lowest BCUT2D eigenvalue weighted by molar-refractivity contribution is 0.480. The highest BCUT2D eigenvalue weighted by atomic mass is 19.1. The molecule has 2 aromatic rings. The average molecular weight is 280 g/mol. The summed E-state index contributed by atoms with van der Waals surface area (Å²) in [5, 5.41) is 7.31. The first-order valence-corrected chi connectivity index (χ1v) is 6.70. The molecule has 0 amide bonds. The van der Waals surface area contributed by atoms with Crippen molar-refractivity contribution < 1.29 is 8.78 Å². The third kappa shape index (κ3) is 3.19. The lowest BCUT2D eigenvalue weighted by Crippen LogP contribution is -2.25. The minimum Gasteiger partial charge on any atom is -0.310 e. The highest BCUT2D eigenvalue weighted by Gasteiger charge is 2.18. The first kappa shape index (κ1) is 14.6. The number of aromatic nitrogens is 3. The van der Waals surface area contributed by atoms with E-state index in [9.17, 15) is 8.78 Å². The molecule has 0 bridgehead atoms. The summed E-state index contributed by atoms with van der Waals surface area (Å²) in [6.45, 7) is 5.31. The van der Waals surface area contributed by atoms with Crippen LogP contribution in [0.4, 0.5) is 8.78 Å². The van der Waals surface area contributed by atoms with Crippen molar-refractivity contribution in [1.82, 2.24) is 20.1 Å². The number of rotatable bonds is 6. The van der Waals surface area contributed by atoms with Crippen molar-refractivity contribution >= 4 is 0 Å². The quantitative estimate of drug-likeness (QED) is 0.884. The molecule has 1 heterocycles. The van der Waals surface area contributed by atoms with Crippen LogP contribution >= 0.6 is 0 Å². The summed E-state index contributed by atoms with van der Waals surface area (Å²) in [7, 11) is 0. The predicted molar refractivity (Wildman–Crippen MR) is 72.2 cm³/mol. The largest absolute Gasteiger partial charge is 0.310 e. The molecule has 0 aliphatic heterocycles. The molecule has 0 saturated carbocycles. The van der Waals surface area contributed by atoms with Gasteiger partial charge in [-0.25, -0.2) is 13.8 Å². The van der Waals surface area contributed by atoms with E-state index in [4.69, 9.17) is 0 Å². The Morgan fingerprint density at radius 1 is 1.30 bits per heavy atom. The summed E-state index contributed by atoms with van der Waals surface area (Å²) in [6.07, 6.45) is 1.99. The Morgan fingerprint density at radius 2 is 2.10 bits per heavy atom. The van der Waals surface area contributed by atoms with E-state index in [0.717, 1.165) is 11.9 Å². The van der Waals surface area contributed by atoms with Gasteiger partial charge in [0.25, 0.3) is 0 Å². The molecule has 108 valence electrons. The molecule has 0 radical (unpaired) electrons. The molecule has 20 heavy (non-hydrogen) atoms. The van der Waals surface area contributed by atoms with Crippen molar-refractivity contribution in [2.75, 3.05) is 6.54 Å². The molecule has 1 N–H and O–H groups in total. The van der Waals surface area contributed by atoms with E-state index in [-0.39, 0.29) is 6.04 Å². The van der Waals surface area contributed by atoms with E-state index < -0.39 is 11.6 Å². The zero-order valence-electron chi connectivity index (χ0n) is 11.6. The summed E-state index contributed by atoms with van der Waals surface area (Å²) in [5.74, 6) is -0.334. The average Bonchev–Trinajstić information content (AvgIpc) is 2.85. The molecule has 6 heteroatoms. The molecule has 0 aliphatic carbocycles. The van der Waals surface area contributed by atoms with Gasteiger partial charge in [-0.3, -0.25) is 4.68 Å². The fourth-order valence-electron chi connectivity index (χ4n) is 2.22. The molecule has 1 unspecified atom stereocenters. The molecule has 0 saturated heterocycles. The van der Waals surface area contributed by atoms with Crippen molar-refractivity contribution in [1.29, 1.82) is 0 Å². The molecule has 1 aromatic heterocycles. The number of likely N-dealkylation sites (N-methyl/N-ethyl adjacent to an activating group) is 1.